The van der Waals surface area contributed by atoms with Gasteiger partial charge in [0.25, 0.3) is 0 Å². The highest BCUT2D eigenvalue weighted by molar-refractivity contribution is 5.81. The Balaban J connectivity index is 1.68. The summed E-state index contributed by atoms with van der Waals surface area (Å²) in [5.41, 5.74) is 1.92. The molecule has 0 bridgehead atoms. The quantitative estimate of drug-likeness (QED) is 0.544. The zero-order valence-corrected chi connectivity index (χ0v) is 14.0. The summed E-state index contributed by atoms with van der Waals surface area (Å²) in [6.07, 6.45) is 1.66. The molecule has 5 heteroatoms. The zero-order chi connectivity index (χ0) is 17.9. The molecule has 26 heavy (non-hydrogen) atoms. The number of quaternary nitrogens is 1. The summed E-state index contributed by atoms with van der Waals surface area (Å²) >= 11 is 0. The summed E-state index contributed by atoms with van der Waals surface area (Å²) in [4.78, 5) is 11.9. The monoisotopic (exact) mass is 348 g/mol. The number of hydrogen-bond acceptors (Lipinski definition) is 4. The largest absolute Gasteiger partial charge is 0.508 e. The SMILES string of the molecule is O=c1cc(C[NH2+][C@@H](c2ccccc2)c2ccco2)c2ccc(O)cc2o1. The predicted octanol–water partition coefficient (Wildman–Crippen LogP) is 2.94. The lowest BCUT2D eigenvalue weighted by molar-refractivity contribution is -0.704. The number of aromatic hydroxyl groups is 1. The van der Waals surface area contributed by atoms with Crippen molar-refractivity contribution in [2.45, 2.75) is 12.6 Å². The van der Waals surface area contributed by atoms with Crippen molar-refractivity contribution >= 4 is 11.0 Å². The summed E-state index contributed by atoms with van der Waals surface area (Å²) < 4.78 is 10.8. The van der Waals surface area contributed by atoms with Gasteiger partial charge in [0.2, 0.25) is 0 Å². The van der Waals surface area contributed by atoms with Crippen molar-refractivity contribution in [3.05, 3.63) is 100 Å². The van der Waals surface area contributed by atoms with E-state index in [4.69, 9.17) is 8.83 Å². The number of phenols is 1. The van der Waals surface area contributed by atoms with E-state index in [9.17, 15) is 9.90 Å². The van der Waals surface area contributed by atoms with Crippen LogP contribution in [-0.2, 0) is 6.54 Å². The lowest BCUT2D eigenvalue weighted by Crippen LogP contribution is -2.83. The van der Waals surface area contributed by atoms with Gasteiger partial charge in [-0.2, -0.15) is 0 Å². The summed E-state index contributed by atoms with van der Waals surface area (Å²) in [5.74, 6) is 0.917. The van der Waals surface area contributed by atoms with Crippen LogP contribution in [0.25, 0.3) is 11.0 Å². The molecule has 0 saturated carbocycles. The predicted molar refractivity (Wildman–Crippen MR) is 96.8 cm³/mol. The number of rotatable bonds is 5. The number of phenolic OH excluding ortho intramolecular Hbond substituents is 1. The Morgan fingerprint density at radius 3 is 2.62 bits per heavy atom. The van der Waals surface area contributed by atoms with E-state index in [0.717, 1.165) is 22.3 Å². The molecule has 0 aliphatic heterocycles. The summed E-state index contributed by atoms with van der Waals surface area (Å²) in [6.45, 7) is 0.563. The van der Waals surface area contributed by atoms with Crippen LogP contribution >= 0.6 is 0 Å². The van der Waals surface area contributed by atoms with Crippen LogP contribution in [0, 0.1) is 0 Å². The van der Waals surface area contributed by atoms with Crippen LogP contribution < -0.4 is 10.9 Å². The molecule has 2 aromatic carbocycles. The lowest BCUT2D eigenvalue weighted by Gasteiger charge is -2.14. The highest BCUT2D eigenvalue weighted by Gasteiger charge is 2.21. The molecule has 0 unspecified atom stereocenters. The van der Waals surface area contributed by atoms with E-state index in [2.05, 4.69) is 17.4 Å². The normalized spacial score (nSPS) is 12.3. The van der Waals surface area contributed by atoms with E-state index >= 15 is 0 Å². The second-order valence-corrected chi connectivity index (χ2v) is 6.11. The molecule has 0 amide bonds. The summed E-state index contributed by atoms with van der Waals surface area (Å²) in [6, 6.07) is 20.2. The third-order valence-corrected chi connectivity index (χ3v) is 4.40. The molecular weight excluding hydrogens is 330 g/mol. The maximum Gasteiger partial charge on any atom is 0.336 e. The van der Waals surface area contributed by atoms with Crippen molar-refractivity contribution in [3.63, 3.8) is 0 Å². The molecule has 2 heterocycles. The molecule has 0 aliphatic carbocycles. The standard InChI is InChI=1S/C21H17NO4/c23-16-8-9-17-15(11-20(24)26-19(17)12-16)13-22-21(18-7-4-10-25-18)14-5-2-1-3-6-14/h1-12,21-23H,13H2/p+1/t21-/m0/s1. The van der Waals surface area contributed by atoms with Crippen molar-refractivity contribution in [1.82, 2.24) is 0 Å². The second kappa shape index (κ2) is 6.90. The number of furan rings is 1. The molecule has 4 rings (SSSR count). The van der Waals surface area contributed by atoms with Gasteiger partial charge in [0.15, 0.2) is 11.8 Å². The Kier molecular flexibility index (Phi) is 4.29. The third-order valence-electron chi connectivity index (χ3n) is 4.40. The van der Waals surface area contributed by atoms with Crippen molar-refractivity contribution in [3.8, 4) is 5.75 Å². The molecule has 5 nitrogen and oxygen atoms in total. The first-order valence-electron chi connectivity index (χ1n) is 8.38. The maximum atomic E-state index is 11.9. The van der Waals surface area contributed by atoms with E-state index in [1.807, 2.05) is 30.3 Å². The van der Waals surface area contributed by atoms with Crippen LogP contribution in [0.2, 0.25) is 0 Å². The first-order valence-corrected chi connectivity index (χ1v) is 8.38. The fraction of sp³-hybridized carbons (Fsp3) is 0.0952. The van der Waals surface area contributed by atoms with Crippen LogP contribution in [0.3, 0.4) is 0 Å². The van der Waals surface area contributed by atoms with E-state index in [-0.39, 0.29) is 11.8 Å². The third kappa shape index (κ3) is 3.25. The van der Waals surface area contributed by atoms with Gasteiger partial charge in [0, 0.05) is 28.6 Å². The summed E-state index contributed by atoms with van der Waals surface area (Å²) in [7, 11) is 0. The number of benzene rings is 2. The fourth-order valence-corrected chi connectivity index (χ4v) is 3.18. The fourth-order valence-electron chi connectivity index (χ4n) is 3.18. The van der Waals surface area contributed by atoms with Gasteiger partial charge < -0.3 is 19.3 Å². The van der Waals surface area contributed by atoms with Gasteiger partial charge in [-0.3, -0.25) is 0 Å². The van der Waals surface area contributed by atoms with Gasteiger partial charge in [-0.05, 0) is 24.3 Å². The van der Waals surface area contributed by atoms with Gasteiger partial charge in [-0.15, -0.1) is 0 Å². The zero-order valence-electron chi connectivity index (χ0n) is 14.0. The van der Waals surface area contributed by atoms with E-state index in [1.165, 1.54) is 12.1 Å². The Morgan fingerprint density at radius 2 is 1.85 bits per heavy atom. The highest BCUT2D eigenvalue weighted by atomic mass is 16.4. The lowest BCUT2D eigenvalue weighted by atomic mass is 10.0. The molecule has 3 N–H and O–H groups in total. The van der Waals surface area contributed by atoms with Crippen LogP contribution in [-0.4, -0.2) is 5.11 Å². The Bertz CT molecular complexity index is 1070. The van der Waals surface area contributed by atoms with Gasteiger partial charge in [-0.1, -0.05) is 30.3 Å². The van der Waals surface area contributed by atoms with Crippen molar-refractivity contribution < 1.29 is 19.3 Å². The maximum absolute atomic E-state index is 11.9. The van der Waals surface area contributed by atoms with Crippen LogP contribution in [0.1, 0.15) is 22.9 Å². The number of hydrogen-bond donors (Lipinski definition) is 2. The number of fused-ring (bicyclic) bond motifs is 1. The molecule has 1 atom stereocenters. The van der Waals surface area contributed by atoms with Gasteiger partial charge >= 0.3 is 5.63 Å². The van der Waals surface area contributed by atoms with E-state index in [0.29, 0.717) is 12.1 Å². The van der Waals surface area contributed by atoms with Crippen LogP contribution in [0.5, 0.6) is 5.75 Å². The number of nitrogens with two attached hydrogens (primary N) is 1. The molecule has 0 aliphatic rings. The Labute approximate surface area is 149 Å². The van der Waals surface area contributed by atoms with Crippen molar-refractivity contribution in [2.24, 2.45) is 0 Å². The first kappa shape index (κ1) is 16.2. The molecule has 0 saturated heterocycles. The summed E-state index contributed by atoms with van der Waals surface area (Å²) in [5, 5.41) is 12.6. The highest BCUT2D eigenvalue weighted by Crippen LogP contribution is 2.22. The Morgan fingerprint density at radius 1 is 1.00 bits per heavy atom. The Hall–Kier alpha value is -3.31. The first-order chi connectivity index (χ1) is 12.7. The molecular formula is C21H18NO4+. The average molecular weight is 348 g/mol. The minimum Gasteiger partial charge on any atom is -0.508 e. The molecule has 0 fully saturated rings. The van der Waals surface area contributed by atoms with E-state index in [1.54, 1.807) is 18.4 Å². The van der Waals surface area contributed by atoms with Crippen molar-refractivity contribution in [1.29, 1.82) is 0 Å². The van der Waals surface area contributed by atoms with Gasteiger partial charge in [0.1, 0.15) is 17.9 Å². The van der Waals surface area contributed by atoms with E-state index < -0.39 is 5.63 Å². The minimum atomic E-state index is -0.430. The van der Waals surface area contributed by atoms with Gasteiger partial charge in [-0.25, -0.2) is 4.79 Å². The molecule has 130 valence electrons. The minimum absolute atomic E-state index is 0.0226. The molecule has 4 aromatic rings. The molecule has 0 radical (unpaired) electrons. The topological polar surface area (TPSA) is 80.2 Å². The van der Waals surface area contributed by atoms with Crippen LogP contribution in [0.4, 0.5) is 0 Å². The van der Waals surface area contributed by atoms with Gasteiger partial charge in [0.05, 0.1) is 6.26 Å². The molecule has 0 spiro atoms. The van der Waals surface area contributed by atoms with Crippen molar-refractivity contribution in [2.75, 3.05) is 0 Å². The van der Waals surface area contributed by atoms with Crippen LogP contribution in [0.15, 0.2) is 86.6 Å². The smallest absolute Gasteiger partial charge is 0.336 e. The molecule has 2 aromatic heterocycles. The average Bonchev–Trinajstić information content (AvgIpc) is 3.16. The second-order valence-electron chi connectivity index (χ2n) is 6.11.